The van der Waals surface area contributed by atoms with Crippen LogP contribution in [0.2, 0.25) is 0 Å². The maximum Gasteiger partial charge on any atom is 0.376 e. The monoisotopic (exact) mass is 263 g/mol. The second kappa shape index (κ2) is 6.50. The van der Waals surface area contributed by atoms with Crippen LogP contribution in [0.5, 0.6) is 0 Å². The molecule has 104 valence electrons. The molecule has 1 saturated carbocycles. The molecule has 1 aromatic rings. The third kappa shape index (κ3) is 3.66. The molecule has 1 heterocycles. The van der Waals surface area contributed by atoms with E-state index < -0.39 is 5.97 Å². The average molecular weight is 263 g/mol. The van der Waals surface area contributed by atoms with Crippen molar-refractivity contribution in [3.63, 3.8) is 0 Å². The second-order valence-electron chi connectivity index (χ2n) is 5.04. The Morgan fingerprint density at radius 3 is 3.11 bits per heavy atom. The number of nitrogens with one attached hydrogen (secondary N) is 1. The second-order valence-corrected chi connectivity index (χ2v) is 5.04. The summed E-state index contributed by atoms with van der Waals surface area (Å²) in [5.41, 5.74) is 0. The molecule has 0 bridgehead atoms. The fraction of sp³-hybridized carbons (Fsp3) is 0.643. The van der Waals surface area contributed by atoms with Crippen molar-refractivity contribution in [2.24, 2.45) is 5.92 Å². The number of ether oxygens (including phenoxy) is 1. The van der Waals surface area contributed by atoms with Gasteiger partial charge in [0.05, 0.1) is 7.11 Å². The minimum absolute atomic E-state index is 0.107. The van der Waals surface area contributed by atoms with Crippen LogP contribution in [0.25, 0.3) is 0 Å². The zero-order valence-corrected chi connectivity index (χ0v) is 11.6. The van der Waals surface area contributed by atoms with Crippen molar-refractivity contribution in [1.82, 2.24) is 9.97 Å². The summed E-state index contributed by atoms with van der Waals surface area (Å²) in [5, 5.41) is 3.41. The molecule has 0 radical (unpaired) electrons. The van der Waals surface area contributed by atoms with Gasteiger partial charge < -0.3 is 10.1 Å². The Hall–Kier alpha value is -1.65. The highest BCUT2D eigenvalue weighted by Gasteiger charge is 2.21. The third-order valence-corrected chi connectivity index (χ3v) is 3.74. The largest absolute Gasteiger partial charge is 0.463 e. The molecule has 1 aromatic heterocycles. The summed E-state index contributed by atoms with van der Waals surface area (Å²) < 4.78 is 4.62. The average Bonchev–Trinajstić information content (AvgIpc) is 2.47. The van der Waals surface area contributed by atoms with Crippen LogP contribution in [-0.4, -0.2) is 29.1 Å². The van der Waals surface area contributed by atoms with E-state index in [2.05, 4.69) is 26.9 Å². The van der Waals surface area contributed by atoms with Gasteiger partial charge in [0.25, 0.3) is 0 Å². The van der Waals surface area contributed by atoms with E-state index in [4.69, 9.17) is 0 Å². The molecule has 0 spiro atoms. The molecule has 0 aromatic carbocycles. The van der Waals surface area contributed by atoms with E-state index in [1.165, 1.54) is 32.8 Å². The van der Waals surface area contributed by atoms with Crippen LogP contribution in [0.15, 0.2) is 12.3 Å². The first-order chi connectivity index (χ1) is 9.22. The number of methoxy groups -OCH3 is 1. The minimum atomic E-state index is -0.501. The highest BCUT2D eigenvalue weighted by atomic mass is 16.5. The molecule has 5 nitrogen and oxygen atoms in total. The van der Waals surface area contributed by atoms with Gasteiger partial charge in [0.1, 0.15) is 5.82 Å². The smallest absolute Gasteiger partial charge is 0.376 e. The maximum absolute atomic E-state index is 11.4. The van der Waals surface area contributed by atoms with Gasteiger partial charge in [0.2, 0.25) is 5.82 Å². The Morgan fingerprint density at radius 1 is 1.53 bits per heavy atom. The molecule has 2 unspecified atom stereocenters. The minimum Gasteiger partial charge on any atom is -0.463 e. The van der Waals surface area contributed by atoms with E-state index in [1.54, 1.807) is 12.3 Å². The number of aromatic nitrogens is 2. The molecule has 2 atom stereocenters. The SMILES string of the molecule is CCC1CCCC(Nc2ccnc(C(=O)OC)n2)C1. The van der Waals surface area contributed by atoms with Gasteiger partial charge in [-0.15, -0.1) is 0 Å². The van der Waals surface area contributed by atoms with Crippen molar-refractivity contribution in [2.75, 3.05) is 12.4 Å². The van der Waals surface area contributed by atoms with Crippen molar-refractivity contribution in [3.05, 3.63) is 18.1 Å². The van der Waals surface area contributed by atoms with Crippen LogP contribution in [0.1, 0.15) is 49.6 Å². The third-order valence-electron chi connectivity index (χ3n) is 3.74. The lowest BCUT2D eigenvalue weighted by molar-refractivity contribution is 0.0587. The summed E-state index contributed by atoms with van der Waals surface area (Å²) in [6.45, 7) is 2.24. The molecule has 2 rings (SSSR count). The molecule has 0 aliphatic heterocycles. The number of rotatable bonds is 4. The van der Waals surface area contributed by atoms with Crippen LogP contribution < -0.4 is 5.32 Å². The normalized spacial score (nSPS) is 22.8. The van der Waals surface area contributed by atoms with Crippen LogP contribution in [0.4, 0.5) is 5.82 Å². The molecule has 19 heavy (non-hydrogen) atoms. The van der Waals surface area contributed by atoms with Gasteiger partial charge in [-0.2, -0.15) is 0 Å². The maximum atomic E-state index is 11.4. The van der Waals surface area contributed by atoms with E-state index in [0.29, 0.717) is 11.9 Å². The lowest BCUT2D eigenvalue weighted by Crippen LogP contribution is -2.27. The van der Waals surface area contributed by atoms with Crippen LogP contribution >= 0.6 is 0 Å². The molecule has 1 aliphatic rings. The Balaban J connectivity index is 2.00. The van der Waals surface area contributed by atoms with Gasteiger partial charge in [0, 0.05) is 12.2 Å². The molecular formula is C14H21N3O2. The van der Waals surface area contributed by atoms with Crippen LogP contribution in [0.3, 0.4) is 0 Å². The number of hydrogen-bond acceptors (Lipinski definition) is 5. The van der Waals surface area contributed by atoms with E-state index >= 15 is 0 Å². The highest BCUT2D eigenvalue weighted by Crippen LogP contribution is 2.28. The summed E-state index contributed by atoms with van der Waals surface area (Å²) in [6, 6.07) is 2.24. The van der Waals surface area contributed by atoms with Gasteiger partial charge in [-0.25, -0.2) is 14.8 Å². The van der Waals surface area contributed by atoms with E-state index in [1.807, 2.05) is 0 Å². The zero-order valence-electron chi connectivity index (χ0n) is 11.6. The van der Waals surface area contributed by atoms with E-state index in [-0.39, 0.29) is 5.82 Å². The molecular weight excluding hydrogens is 242 g/mol. The Kier molecular flexibility index (Phi) is 4.71. The number of anilines is 1. The summed E-state index contributed by atoms with van der Waals surface area (Å²) in [7, 11) is 1.33. The Labute approximate surface area is 113 Å². The molecule has 0 amide bonds. The lowest BCUT2D eigenvalue weighted by Gasteiger charge is -2.29. The van der Waals surface area contributed by atoms with Gasteiger partial charge in [-0.3, -0.25) is 0 Å². The summed E-state index contributed by atoms with van der Waals surface area (Å²) in [4.78, 5) is 19.5. The quantitative estimate of drug-likeness (QED) is 0.846. The van der Waals surface area contributed by atoms with Crippen LogP contribution in [0, 0.1) is 5.92 Å². The number of carbonyl (C=O) groups excluding carboxylic acids is 1. The standard InChI is InChI=1S/C14H21N3O2/c1-3-10-5-4-6-11(9-10)16-12-7-8-15-13(17-12)14(18)19-2/h7-8,10-11H,3-6,9H2,1-2H3,(H,15,16,17). The zero-order chi connectivity index (χ0) is 13.7. The van der Waals surface area contributed by atoms with Crippen LogP contribution in [-0.2, 0) is 4.74 Å². The fourth-order valence-electron chi connectivity index (χ4n) is 2.63. The van der Waals surface area contributed by atoms with Crippen molar-refractivity contribution < 1.29 is 9.53 Å². The topological polar surface area (TPSA) is 64.1 Å². The molecule has 0 saturated heterocycles. The summed E-state index contributed by atoms with van der Waals surface area (Å²) in [6.07, 6.45) is 7.73. The van der Waals surface area contributed by atoms with Crippen molar-refractivity contribution in [2.45, 2.75) is 45.1 Å². The molecule has 5 heteroatoms. The fourth-order valence-corrected chi connectivity index (χ4v) is 2.63. The first kappa shape index (κ1) is 13.8. The number of carbonyl (C=O) groups is 1. The van der Waals surface area contributed by atoms with Gasteiger partial charge >= 0.3 is 5.97 Å². The van der Waals surface area contributed by atoms with Gasteiger partial charge in [0.15, 0.2) is 0 Å². The predicted octanol–water partition coefficient (Wildman–Crippen LogP) is 2.64. The van der Waals surface area contributed by atoms with Gasteiger partial charge in [-0.05, 0) is 24.8 Å². The van der Waals surface area contributed by atoms with E-state index in [0.717, 1.165) is 12.3 Å². The predicted molar refractivity (Wildman–Crippen MR) is 73.0 cm³/mol. The van der Waals surface area contributed by atoms with Crippen molar-refractivity contribution in [3.8, 4) is 0 Å². The van der Waals surface area contributed by atoms with Crippen molar-refractivity contribution >= 4 is 11.8 Å². The lowest BCUT2D eigenvalue weighted by atomic mass is 9.84. The Bertz CT molecular complexity index is 436. The molecule has 1 aliphatic carbocycles. The summed E-state index contributed by atoms with van der Waals surface area (Å²) >= 11 is 0. The first-order valence-corrected chi connectivity index (χ1v) is 6.90. The number of hydrogen-bond donors (Lipinski definition) is 1. The van der Waals surface area contributed by atoms with Crippen molar-refractivity contribution in [1.29, 1.82) is 0 Å². The molecule has 1 N–H and O–H groups in total. The first-order valence-electron chi connectivity index (χ1n) is 6.90. The number of esters is 1. The number of nitrogens with zero attached hydrogens (tertiary/aromatic N) is 2. The van der Waals surface area contributed by atoms with Gasteiger partial charge in [-0.1, -0.05) is 26.2 Å². The highest BCUT2D eigenvalue weighted by molar-refractivity contribution is 5.85. The Morgan fingerprint density at radius 2 is 2.37 bits per heavy atom. The molecule has 1 fully saturated rings. The summed E-state index contributed by atoms with van der Waals surface area (Å²) in [5.74, 6) is 1.11. The van der Waals surface area contributed by atoms with E-state index in [9.17, 15) is 4.79 Å².